The molecule has 7 heteroatoms. The number of aryl methyl sites for hydroxylation is 1. The molecule has 0 atom stereocenters. The van der Waals surface area contributed by atoms with E-state index in [1.165, 1.54) is 7.11 Å². The lowest BCUT2D eigenvalue weighted by Gasteiger charge is -2.23. The predicted molar refractivity (Wildman–Crippen MR) is 107 cm³/mol. The molecule has 0 radical (unpaired) electrons. The van der Waals surface area contributed by atoms with Gasteiger partial charge in [-0.05, 0) is 55.2 Å². The number of nitrogens with zero attached hydrogens (tertiary/aromatic N) is 1. The molecule has 0 aliphatic heterocycles. The van der Waals surface area contributed by atoms with Gasteiger partial charge in [-0.25, -0.2) is 0 Å². The van der Waals surface area contributed by atoms with Crippen LogP contribution in [0.1, 0.15) is 36.8 Å². The number of carbonyl (C=O) groups excluding carboxylic acids is 1. The first-order chi connectivity index (χ1) is 12.4. The van der Waals surface area contributed by atoms with Crippen LogP contribution in [0, 0.1) is 6.92 Å². The summed E-state index contributed by atoms with van der Waals surface area (Å²) in [5, 5.41) is 3.96. The zero-order valence-corrected chi connectivity index (χ0v) is 17.2. The molecule has 0 bridgehead atoms. The van der Waals surface area contributed by atoms with Gasteiger partial charge in [0, 0.05) is 26.6 Å². The van der Waals surface area contributed by atoms with Crippen LogP contribution in [0.25, 0.3) is 0 Å². The number of thiocarbonyl (C=S) groups is 1. The number of carbonyl (C=O) groups is 1. The van der Waals surface area contributed by atoms with E-state index in [0.29, 0.717) is 23.8 Å². The van der Waals surface area contributed by atoms with Crippen LogP contribution in [0.5, 0.6) is 11.5 Å². The Hall–Kier alpha value is -2.02. The number of methoxy groups -OCH3 is 3. The van der Waals surface area contributed by atoms with Gasteiger partial charge in [0.2, 0.25) is 0 Å². The number of nitrogens with one attached hydrogen (secondary N) is 1. The van der Waals surface area contributed by atoms with Gasteiger partial charge in [0.05, 0.1) is 21.3 Å². The van der Waals surface area contributed by atoms with Crippen LogP contribution >= 0.6 is 12.2 Å². The molecular formula is C19H30N2O4S. The third-order valence-corrected chi connectivity index (χ3v) is 4.61. The highest BCUT2D eigenvalue weighted by Gasteiger charge is 2.12. The van der Waals surface area contributed by atoms with E-state index in [2.05, 4.69) is 10.1 Å². The van der Waals surface area contributed by atoms with Crippen molar-refractivity contribution in [1.29, 1.82) is 0 Å². The number of unbranched alkanes of at least 4 members (excludes halogenated alkanes) is 2. The molecule has 6 nitrogen and oxygen atoms in total. The number of ether oxygens (including phenoxy) is 3. The summed E-state index contributed by atoms with van der Waals surface area (Å²) in [7, 11) is 6.64. The second-order valence-corrected chi connectivity index (χ2v) is 6.50. The molecule has 0 unspecified atom stereocenters. The summed E-state index contributed by atoms with van der Waals surface area (Å²) in [4.78, 5) is 13.0. The zero-order chi connectivity index (χ0) is 19.5. The molecule has 1 rings (SSSR count). The smallest absolute Gasteiger partial charge is 0.305 e. The molecule has 0 amide bonds. The van der Waals surface area contributed by atoms with Gasteiger partial charge in [-0.3, -0.25) is 4.79 Å². The summed E-state index contributed by atoms with van der Waals surface area (Å²) in [5.74, 6) is 1.29. The fraction of sp³-hybridized carbons (Fsp3) is 0.579. The SMILES string of the molecule is COC(=O)CCCCCNC(=S)N(C)Cc1cc(OC)c(OC)cc1C. The molecule has 1 aromatic rings. The fourth-order valence-corrected chi connectivity index (χ4v) is 2.69. The van der Waals surface area contributed by atoms with Crippen LogP contribution in [0.2, 0.25) is 0 Å². The van der Waals surface area contributed by atoms with Crippen molar-refractivity contribution in [3.63, 3.8) is 0 Å². The number of esters is 1. The van der Waals surface area contributed by atoms with Crippen molar-refractivity contribution in [2.45, 2.75) is 39.2 Å². The van der Waals surface area contributed by atoms with Crippen LogP contribution < -0.4 is 14.8 Å². The lowest BCUT2D eigenvalue weighted by molar-refractivity contribution is -0.140. The number of rotatable bonds is 10. The molecule has 0 fully saturated rings. The summed E-state index contributed by atoms with van der Waals surface area (Å²) < 4.78 is 15.3. The van der Waals surface area contributed by atoms with E-state index in [1.54, 1.807) is 14.2 Å². The second kappa shape index (κ2) is 11.6. The zero-order valence-electron chi connectivity index (χ0n) is 16.4. The third-order valence-electron chi connectivity index (χ3n) is 4.16. The largest absolute Gasteiger partial charge is 0.493 e. The van der Waals surface area contributed by atoms with Crippen LogP contribution in [0.15, 0.2) is 12.1 Å². The van der Waals surface area contributed by atoms with Crippen molar-refractivity contribution >= 4 is 23.3 Å². The van der Waals surface area contributed by atoms with E-state index in [1.807, 2.05) is 31.0 Å². The average Bonchev–Trinajstić information content (AvgIpc) is 2.64. The van der Waals surface area contributed by atoms with Crippen molar-refractivity contribution in [2.24, 2.45) is 0 Å². The van der Waals surface area contributed by atoms with E-state index >= 15 is 0 Å². The van der Waals surface area contributed by atoms with Gasteiger partial charge in [-0.15, -0.1) is 0 Å². The minimum Gasteiger partial charge on any atom is -0.493 e. The quantitative estimate of drug-likeness (QED) is 0.379. The Kier molecular flexibility index (Phi) is 9.80. The standard InChI is InChI=1S/C19H30N2O4S/c1-14-11-16(23-3)17(24-4)12-15(14)13-21(2)19(26)20-10-8-6-7-9-18(22)25-5/h11-12H,6-10,13H2,1-5H3,(H,20,26). The Morgan fingerprint density at radius 1 is 1.12 bits per heavy atom. The predicted octanol–water partition coefficient (Wildman–Crippen LogP) is 3.05. The molecule has 1 N–H and O–H groups in total. The van der Waals surface area contributed by atoms with E-state index in [4.69, 9.17) is 21.7 Å². The summed E-state index contributed by atoms with van der Waals surface area (Å²) in [6, 6.07) is 3.96. The summed E-state index contributed by atoms with van der Waals surface area (Å²) in [5.41, 5.74) is 2.26. The Balaban J connectivity index is 2.44. The average molecular weight is 383 g/mol. The maximum absolute atomic E-state index is 11.0. The van der Waals surface area contributed by atoms with Gasteiger partial charge >= 0.3 is 5.97 Å². The van der Waals surface area contributed by atoms with E-state index in [0.717, 1.165) is 42.7 Å². The molecule has 146 valence electrons. The summed E-state index contributed by atoms with van der Waals surface area (Å²) >= 11 is 5.45. The van der Waals surface area contributed by atoms with E-state index in [-0.39, 0.29) is 5.97 Å². The van der Waals surface area contributed by atoms with Crippen LogP contribution in [0.3, 0.4) is 0 Å². The molecule has 0 aromatic heterocycles. The van der Waals surface area contributed by atoms with Crippen molar-refractivity contribution in [1.82, 2.24) is 10.2 Å². The number of benzene rings is 1. The van der Waals surface area contributed by atoms with Crippen molar-refractivity contribution in [3.05, 3.63) is 23.3 Å². The Morgan fingerprint density at radius 3 is 2.38 bits per heavy atom. The summed E-state index contributed by atoms with van der Waals surface area (Å²) in [6.07, 6.45) is 3.23. The van der Waals surface area contributed by atoms with Gasteiger partial charge in [0.25, 0.3) is 0 Å². The molecule has 0 aliphatic rings. The molecule has 0 saturated heterocycles. The third kappa shape index (κ3) is 7.07. The molecule has 26 heavy (non-hydrogen) atoms. The first-order valence-corrected chi connectivity index (χ1v) is 9.11. The lowest BCUT2D eigenvalue weighted by Crippen LogP contribution is -2.37. The van der Waals surface area contributed by atoms with Crippen molar-refractivity contribution < 1.29 is 19.0 Å². The molecule has 0 spiro atoms. The Labute approximate surface area is 161 Å². The molecular weight excluding hydrogens is 352 g/mol. The van der Waals surface area contributed by atoms with E-state index < -0.39 is 0 Å². The molecule has 0 aliphatic carbocycles. The summed E-state index contributed by atoms with van der Waals surface area (Å²) in [6.45, 7) is 3.51. The normalized spacial score (nSPS) is 10.2. The van der Waals surface area contributed by atoms with Gasteiger partial charge in [0.1, 0.15) is 0 Å². The monoisotopic (exact) mass is 382 g/mol. The highest BCUT2D eigenvalue weighted by atomic mass is 32.1. The molecule has 0 heterocycles. The maximum atomic E-state index is 11.0. The van der Waals surface area contributed by atoms with Gasteiger partial charge < -0.3 is 24.4 Å². The first-order valence-electron chi connectivity index (χ1n) is 8.70. The Bertz CT molecular complexity index is 607. The maximum Gasteiger partial charge on any atom is 0.305 e. The van der Waals surface area contributed by atoms with Gasteiger partial charge in [0.15, 0.2) is 16.6 Å². The number of hydrogen-bond acceptors (Lipinski definition) is 5. The van der Waals surface area contributed by atoms with Crippen LogP contribution in [0.4, 0.5) is 0 Å². The molecule has 0 saturated carbocycles. The fourth-order valence-electron chi connectivity index (χ4n) is 2.52. The number of hydrogen-bond donors (Lipinski definition) is 1. The van der Waals surface area contributed by atoms with Crippen molar-refractivity contribution in [2.75, 3.05) is 34.9 Å². The minimum atomic E-state index is -0.154. The van der Waals surface area contributed by atoms with E-state index in [9.17, 15) is 4.79 Å². The first kappa shape index (κ1) is 22.0. The van der Waals surface area contributed by atoms with Gasteiger partial charge in [-0.1, -0.05) is 6.42 Å². The van der Waals surface area contributed by atoms with Crippen molar-refractivity contribution in [3.8, 4) is 11.5 Å². The lowest BCUT2D eigenvalue weighted by atomic mass is 10.1. The highest BCUT2D eigenvalue weighted by molar-refractivity contribution is 7.80. The van der Waals surface area contributed by atoms with Crippen LogP contribution in [-0.4, -0.2) is 50.9 Å². The Morgan fingerprint density at radius 2 is 1.77 bits per heavy atom. The van der Waals surface area contributed by atoms with Gasteiger partial charge in [-0.2, -0.15) is 0 Å². The highest BCUT2D eigenvalue weighted by Crippen LogP contribution is 2.30. The second-order valence-electron chi connectivity index (χ2n) is 6.11. The topological polar surface area (TPSA) is 60.0 Å². The minimum absolute atomic E-state index is 0.154. The molecule has 1 aromatic carbocycles. The van der Waals surface area contributed by atoms with Crippen LogP contribution in [-0.2, 0) is 16.1 Å².